The molecule has 0 aromatic heterocycles. The number of ketones is 1. The van der Waals surface area contributed by atoms with Crippen molar-refractivity contribution in [2.75, 3.05) is 33.8 Å². The molecule has 13 atom stereocenters. The topological polar surface area (TPSA) is 151 Å². The van der Waals surface area contributed by atoms with E-state index in [0.717, 1.165) is 12.1 Å². The Bertz CT molecular complexity index is 1190. The van der Waals surface area contributed by atoms with Crippen molar-refractivity contribution in [3.8, 4) is 12.5 Å². The number of terminal acetylenes is 1. The zero-order valence-corrected chi connectivity index (χ0v) is 31.5. The van der Waals surface area contributed by atoms with Crippen molar-refractivity contribution in [3.63, 3.8) is 0 Å². The van der Waals surface area contributed by atoms with Gasteiger partial charge in [-0.2, -0.15) is 0 Å². The normalized spacial score (nSPS) is 42.7. The van der Waals surface area contributed by atoms with E-state index < -0.39 is 59.1 Å². The molecule has 12 nitrogen and oxygen atoms in total. The van der Waals surface area contributed by atoms with Crippen molar-refractivity contribution in [1.29, 1.82) is 0 Å². The lowest BCUT2D eigenvalue weighted by Crippen LogP contribution is -2.63. The Morgan fingerprint density at radius 3 is 2.47 bits per heavy atom. The zero-order chi connectivity index (χ0) is 36.9. The molecule has 0 aromatic rings. The molecule has 5 N–H and O–H groups in total. The number of Topliss-reactive ketones (excluding diaryl/α,β-unsaturated/α-hetero) is 1. The summed E-state index contributed by atoms with van der Waals surface area (Å²) >= 11 is 0. The zero-order valence-electron chi connectivity index (χ0n) is 31.5. The number of carbonyl (C=O) groups is 2. The smallest absolute Gasteiger partial charge is 0.319 e. The molecular formula is C37H64N4O8. The van der Waals surface area contributed by atoms with Gasteiger partial charge >= 0.3 is 5.97 Å². The number of ether oxygens (including phenoxy) is 4. The number of likely N-dealkylation sites (N-methyl/N-ethyl adjacent to an activating group) is 1. The average Bonchev–Trinajstić information content (AvgIpc) is 3.04. The summed E-state index contributed by atoms with van der Waals surface area (Å²) in [6, 6.07) is 1.17. The van der Waals surface area contributed by atoms with Gasteiger partial charge in [-0.05, 0) is 86.4 Å². The van der Waals surface area contributed by atoms with E-state index in [2.05, 4.69) is 35.5 Å². The molecule has 4 aliphatic rings. The van der Waals surface area contributed by atoms with Gasteiger partial charge in [0.05, 0.1) is 23.9 Å². The number of rotatable bonds is 9. The number of hydrogen-bond acceptors (Lipinski definition) is 12. The van der Waals surface area contributed by atoms with Gasteiger partial charge in [-0.1, -0.05) is 40.7 Å². The fourth-order valence-electron chi connectivity index (χ4n) is 7.92. The highest BCUT2D eigenvalue weighted by molar-refractivity contribution is 6.04. The molecule has 0 aromatic carbocycles. The predicted octanol–water partition coefficient (Wildman–Crippen LogP) is 2.32. The number of fused-ring (bicyclic) bond motifs is 13. The van der Waals surface area contributed by atoms with Crippen molar-refractivity contribution in [2.24, 2.45) is 17.3 Å². The summed E-state index contributed by atoms with van der Waals surface area (Å²) in [7, 11) is 3.82. The minimum atomic E-state index is -1.60. The Kier molecular flexibility index (Phi) is 14.2. The predicted molar refractivity (Wildman–Crippen MR) is 188 cm³/mol. The summed E-state index contributed by atoms with van der Waals surface area (Å²) in [5.74, 6) is -1.94. The fraction of sp³-hybridized carbons (Fsp3) is 0.838. The van der Waals surface area contributed by atoms with Crippen molar-refractivity contribution in [3.05, 3.63) is 12.3 Å². The molecule has 280 valence electrons. The van der Waals surface area contributed by atoms with Crippen LogP contribution >= 0.6 is 0 Å². The third kappa shape index (κ3) is 9.17. The lowest BCUT2D eigenvalue weighted by molar-refractivity contribution is -0.301. The van der Waals surface area contributed by atoms with E-state index in [-0.39, 0.29) is 49.3 Å². The van der Waals surface area contributed by atoms with Crippen molar-refractivity contribution >= 4 is 11.8 Å². The van der Waals surface area contributed by atoms with Crippen LogP contribution in [-0.4, -0.2) is 121 Å². The third-order valence-corrected chi connectivity index (χ3v) is 11.1. The Labute approximate surface area is 294 Å². The number of carbonyl (C=O) groups excluding carboxylic acids is 2. The van der Waals surface area contributed by atoms with E-state index in [1.165, 1.54) is 0 Å². The molecular weight excluding hydrogens is 628 g/mol. The first-order chi connectivity index (χ1) is 22.9. The second-order valence-electron chi connectivity index (χ2n) is 15.5. The summed E-state index contributed by atoms with van der Waals surface area (Å²) in [6.45, 7) is 19.8. The van der Waals surface area contributed by atoms with Crippen molar-refractivity contribution in [1.82, 2.24) is 20.9 Å². The molecule has 0 spiro atoms. The highest BCUT2D eigenvalue weighted by atomic mass is 16.7. The number of nitrogens with zero attached hydrogens (tertiary/aromatic N) is 1. The molecule has 12 heteroatoms. The van der Waals surface area contributed by atoms with Crippen LogP contribution in [0.25, 0.3) is 0 Å². The van der Waals surface area contributed by atoms with Crippen LogP contribution in [0.3, 0.4) is 0 Å². The molecule has 0 aliphatic carbocycles. The summed E-state index contributed by atoms with van der Waals surface area (Å²) in [6.07, 6.45) is 3.60. The number of aliphatic hydroxyl groups excluding tert-OH is 1. The van der Waals surface area contributed by atoms with Gasteiger partial charge in [0.15, 0.2) is 12.1 Å². The minimum absolute atomic E-state index is 0.0109. The highest BCUT2D eigenvalue weighted by Crippen LogP contribution is 2.42. The number of nitrogens with one attached hydrogen (secondary N) is 3. The van der Waals surface area contributed by atoms with Crippen LogP contribution in [0.1, 0.15) is 87.5 Å². The Balaban J connectivity index is 2.09. The van der Waals surface area contributed by atoms with Crippen molar-refractivity contribution < 1.29 is 38.7 Å². The van der Waals surface area contributed by atoms with Gasteiger partial charge in [-0.25, -0.2) is 0 Å². The van der Waals surface area contributed by atoms with Gasteiger partial charge in [-0.15, -0.1) is 0 Å². The van der Waals surface area contributed by atoms with Crippen LogP contribution in [0.2, 0.25) is 0 Å². The molecule has 49 heavy (non-hydrogen) atoms. The number of allylic oxidation sites excluding steroid dienone is 1. The van der Waals surface area contributed by atoms with Gasteiger partial charge in [0.25, 0.3) is 0 Å². The Morgan fingerprint density at radius 2 is 1.88 bits per heavy atom. The summed E-state index contributed by atoms with van der Waals surface area (Å²) in [5, 5.41) is 33.3. The molecule has 0 amide bonds. The maximum atomic E-state index is 14.6. The Hall–Kier alpha value is -2.24. The van der Waals surface area contributed by atoms with E-state index in [4.69, 9.17) is 25.4 Å². The largest absolute Gasteiger partial charge is 0.458 e. The van der Waals surface area contributed by atoms with Gasteiger partial charge in [-0.3, -0.25) is 9.59 Å². The second-order valence-corrected chi connectivity index (χ2v) is 15.5. The maximum Gasteiger partial charge on any atom is 0.319 e. The van der Waals surface area contributed by atoms with Crippen molar-refractivity contribution in [2.45, 2.75) is 148 Å². The third-order valence-electron chi connectivity index (χ3n) is 11.1. The molecule has 0 unspecified atom stereocenters. The van der Waals surface area contributed by atoms with Crippen LogP contribution in [0, 0.1) is 29.7 Å². The SMILES string of the molecule is C#CN[C@@H]1[C@@H](C)NC[C@H](C)C[C@]2(C)OCC[C@@](C)(C(=O)O[C@H](CC)[C@@]1(C)O)C(=O)[C@H](C)[C@H]2O[C@@H]1O[C@H](CNC(=C)CC)C[C@H](N(C)C)[C@H]1O. The summed E-state index contributed by atoms with van der Waals surface area (Å²) in [5.41, 5.74) is -3.29. The van der Waals surface area contributed by atoms with Crippen LogP contribution < -0.4 is 16.0 Å². The van der Waals surface area contributed by atoms with E-state index >= 15 is 0 Å². The van der Waals surface area contributed by atoms with Gasteiger partial charge in [0.2, 0.25) is 0 Å². The molecule has 0 radical (unpaired) electrons. The first-order valence-electron chi connectivity index (χ1n) is 18.0. The van der Waals surface area contributed by atoms with Gasteiger partial charge < -0.3 is 50.0 Å². The van der Waals surface area contributed by atoms with E-state index in [0.29, 0.717) is 25.9 Å². The quantitative estimate of drug-likeness (QED) is 0.104. The number of aliphatic hydroxyl groups is 2. The summed E-state index contributed by atoms with van der Waals surface area (Å²) < 4.78 is 25.9. The lowest BCUT2D eigenvalue weighted by Gasteiger charge is -2.49. The molecule has 4 heterocycles. The maximum absolute atomic E-state index is 14.6. The van der Waals surface area contributed by atoms with Crippen LogP contribution in [0.4, 0.5) is 0 Å². The molecule has 4 rings (SSSR count). The van der Waals surface area contributed by atoms with Gasteiger partial charge in [0, 0.05) is 42.9 Å². The van der Waals surface area contributed by atoms with E-state index in [1.807, 2.05) is 46.7 Å². The Morgan fingerprint density at radius 1 is 1.20 bits per heavy atom. The lowest BCUT2D eigenvalue weighted by atomic mass is 9.70. The molecule has 4 aliphatic heterocycles. The van der Waals surface area contributed by atoms with Gasteiger partial charge in [0.1, 0.15) is 23.2 Å². The minimum Gasteiger partial charge on any atom is -0.458 e. The monoisotopic (exact) mass is 692 g/mol. The van der Waals surface area contributed by atoms with Crippen LogP contribution in [-0.2, 0) is 28.5 Å². The van der Waals surface area contributed by atoms with E-state index in [1.54, 1.807) is 20.8 Å². The highest BCUT2D eigenvalue weighted by Gasteiger charge is 2.56. The van der Waals surface area contributed by atoms with Crippen LogP contribution in [0.5, 0.6) is 0 Å². The first kappa shape index (κ1) is 41.2. The number of hydrogen-bond donors (Lipinski definition) is 5. The molecule has 4 fully saturated rings. The standard InChI is InChI=1S/C37H64N4O8/c1-13-23(5)39-21-26-18-27(41(11)12)29(42)33(47-26)49-32-24(6)31(43)35(8)16-17-46-36(32,9)19-22(4)20-40-25(7)30(38-15-3)37(10,45)28(14-2)48-34(35)44/h3,22,24-30,32-33,38-40,42,45H,5,13-14,16-21H2,1-2,4,6-12H3/t22-,24+,25-,26+,27+,28-,29-,30-,32-,33+,35-,36+,37-/m1/s1. The summed E-state index contributed by atoms with van der Waals surface area (Å²) in [4.78, 5) is 30.7. The van der Waals surface area contributed by atoms with E-state index in [9.17, 15) is 19.8 Å². The fourth-order valence-corrected chi connectivity index (χ4v) is 7.92. The first-order valence-corrected chi connectivity index (χ1v) is 18.0. The second kappa shape index (κ2) is 16.9. The average molecular weight is 693 g/mol. The molecule has 4 saturated heterocycles. The molecule has 2 bridgehead atoms. The number of esters is 1. The molecule has 0 saturated carbocycles. The van der Waals surface area contributed by atoms with Crippen LogP contribution in [0.15, 0.2) is 12.3 Å².